The third-order valence-corrected chi connectivity index (χ3v) is 3.14. The number of carbonyl (C=O) groups excluding carboxylic acids is 1. The number of aromatic hydroxyl groups is 1. The van der Waals surface area contributed by atoms with Crippen molar-refractivity contribution in [1.82, 2.24) is 4.72 Å². The molecular formula is C14H21NO5S. The fourth-order valence-corrected chi connectivity index (χ4v) is 2.37. The van der Waals surface area contributed by atoms with Crippen molar-refractivity contribution in [2.24, 2.45) is 0 Å². The van der Waals surface area contributed by atoms with E-state index in [9.17, 15) is 18.3 Å². The molecule has 0 heterocycles. The highest BCUT2D eigenvalue weighted by atomic mass is 32.2. The molecule has 0 aliphatic carbocycles. The van der Waals surface area contributed by atoms with Gasteiger partial charge in [-0.25, -0.2) is 13.1 Å². The molecule has 0 aromatic heterocycles. The molecule has 7 heteroatoms. The van der Waals surface area contributed by atoms with Crippen LogP contribution < -0.4 is 4.72 Å². The van der Waals surface area contributed by atoms with Crippen LogP contribution in [0.2, 0.25) is 0 Å². The van der Waals surface area contributed by atoms with Crippen LogP contribution in [0.4, 0.5) is 0 Å². The van der Waals surface area contributed by atoms with Crippen LogP contribution >= 0.6 is 0 Å². The molecule has 0 amide bonds. The zero-order chi connectivity index (χ0) is 16.3. The van der Waals surface area contributed by atoms with Gasteiger partial charge >= 0.3 is 5.97 Å². The number of sulfonamides is 1. The van der Waals surface area contributed by atoms with E-state index in [0.717, 1.165) is 6.26 Å². The number of benzene rings is 1. The summed E-state index contributed by atoms with van der Waals surface area (Å²) in [5, 5.41) is 9.24. The Bertz CT molecular complexity index is 587. The topological polar surface area (TPSA) is 92.7 Å². The van der Waals surface area contributed by atoms with Crippen molar-refractivity contribution in [3.63, 3.8) is 0 Å². The fraction of sp³-hybridized carbons (Fsp3) is 0.500. The fourth-order valence-electron chi connectivity index (χ4n) is 1.67. The first-order valence-electron chi connectivity index (χ1n) is 6.44. The Hall–Kier alpha value is -1.60. The van der Waals surface area contributed by atoms with E-state index in [1.165, 1.54) is 12.1 Å². The molecule has 0 saturated heterocycles. The summed E-state index contributed by atoms with van der Waals surface area (Å²) in [6, 6.07) is 5.18. The third kappa shape index (κ3) is 7.10. The van der Waals surface area contributed by atoms with Gasteiger partial charge in [0.1, 0.15) is 17.4 Å². The second-order valence-electron chi connectivity index (χ2n) is 5.85. The first-order valence-corrected chi connectivity index (χ1v) is 8.33. The van der Waals surface area contributed by atoms with Gasteiger partial charge in [-0.15, -0.1) is 0 Å². The smallest absolute Gasteiger partial charge is 0.325 e. The Morgan fingerprint density at radius 1 is 1.29 bits per heavy atom. The van der Waals surface area contributed by atoms with Gasteiger partial charge in [0.15, 0.2) is 0 Å². The van der Waals surface area contributed by atoms with Crippen molar-refractivity contribution in [3.8, 4) is 5.75 Å². The van der Waals surface area contributed by atoms with Gasteiger partial charge < -0.3 is 9.84 Å². The summed E-state index contributed by atoms with van der Waals surface area (Å²) in [6.45, 7) is 5.13. The van der Waals surface area contributed by atoms with Gasteiger partial charge in [0, 0.05) is 0 Å². The number of carbonyl (C=O) groups is 1. The molecule has 0 unspecified atom stereocenters. The van der Waals surface area contributed by atoms with Crippen molar-refractivity contribution in [2.45, 2.75) is 38.8 Å². The van der Waals surface area contributed by atoms with E-state index in [1.807, 2.05) is 0 Å². The number of rotatable bonds is 5. The summed E-state index contributed by atoms with van der Waals surface area (Å²) in [5.74, 6) is -0.537. The molecule has 0 radical (unpaired) electrons. The van der Waals surface area contributed by atoms with E-state index in [0.29, 0.717) is 5.56 Å². The van der Waals surface area contributed by atoms with E-state index >= 15 is 0 Å². The van der Waals surface area contributed by atoms with Gasteiger partial charge in [-0.3, -0.25) is 4.79 Å². The van der Waals surface area contributed by atoms with Crippen molar-refractivity contribution >= 4 is 16.0 Å². The summed E-state index contributed by atoms with van der Waals surface area (Å²) in [5.41, 5.74) is 0.00327. The molecule has 0 fully saturated rings. The van der Waals surface area contributed by atoms with Gasteiger partial charge in [-0.1, -0.05) is 12.1 Å². The molecule has 0 aliphatic heterocycles. The Morgan fingerprint density at radius 2 is 1.81 bits per heavy atom. The number of esters is 1. The molecule has 118 valence electrons. The minimum atomic E-state index is -3.55. The van der Waals surface area contributed by atoms with Gasteiger partial charge in [-0.2, -0.15) is 0 Å². The molecule has 0 saturated carbocycles. The SMILES string of the molecule is CC(C)(C)OC(=O)[C@H](Cc1ccc(O)cc1)NS(C)(=O)=O. The maximum atomic E-state index is 12.1. The van der Waals surface area contributed by atoms with Crippen LogP contribution in [-0.2, 0) is 26.0 Å². The molecule has 1 aromatic rings. The first kappa shape index (κ1) is 17.5. The minimum absolute atomic E-state index is 0.101. The molecule has 0 spiro atoms. The highest BCUT2D eigenvalue weighted by molar-refractivity contribution is 7.88. The average molecular weight is 315 g/mol. The van der Waals surface area contributed by atoms with Crippen LogP contribution in [0.5, 0.6) is 5.75 Å². The number of phenolic OH excluding ortho intramolecular Hbond substituents is 1. The first-order chi connectivity index (χ1) is 9.46. The van der Waals surface area contributed by atoms with Gasteiger partial charge in [0.2, 0.25) is 10.0 Å². The summed E-state index contributed by atoms with van der Waals surface area (Å²) in [6.07, 6.45) is 1.13. The van der Waals surface area contributed by atoms with Crippen molar-refractivity contribution in [3.05, 3.63) is 29.8 Å². The lowest BCUT2D eigenvalue weighted by Crippen LogP contribution is -2.45. The van der Waals surface area contributed by atoms with Crippen LogP contribution in [0.1, 0.15) is 26.3 Å². The molecule has 1 aromatic carbocycles. The summed E-state index contributed by atoms with van der Waals surface area (Å²) >= 11 is 0. The van der Waals surface area contributed by atoms with Crippen LogP contribution in [-0.4, -0.2) is 37.4 Å². The summed E-state index contributed by atoms with van der Waals surface area (Å²) < 4.78 is 30.3. The van der Waals surface area contributed by atoms with Gasteiger partial charge in [0.05, 0.1) is 6.26 Å². The van der Waals surface area contributed by atoms with E-state index in [1.54, 1.807) is 32.9 Å². The van der Waals surface area contributed by atoms with Crippen LogP contribution in [0.3, 0.4) is 0 Å². The van der Waals surface area contributed by atoms with Crippen LogP contribution in [0.15, 0.2) is 24.3 Å². The van der Waals surface area contributed by atoms with Crippen molar-refractivity contribution in [1.29, 1.82) is 0 Å². The maximum Gasteiger partial charge on any atom is 0.325 e. The van der Waals surface area contributed by atoms with Gasteiger partial charge in [-0.05, 0) is 44.9 Å². The predicted molar refractivity (Wildman–Crippen MR) is 79.4 cm³/mol. The van der Waals surface area contributed by atoms with E-state index in [-0.39, 0.29) is 12.2 Å². The second-order valence-corrected chi connectivity index (χ2v) is 7.63. The van der Waals surface area contributed by atoms with Crippen molar-refractivity contribution < 1.29 is 23.1 Å². The highest BCUT2D eigenvalue weighted by Crippen LogP contribution is 2.14. The van der Waals surface area contributed by atoms with Crippen LogP contribution in [0.25, 0.3) is 0 Å². The Balaban J connectivity index is 2.91. The normalized spacial score (nSPS) is 13.7. The van der Waals surface area contributed by atoms with Crippen LogP contribution in [0, 0.1) is 0 Å². The predicted octanol–water partition coefficient (Wildman–Crippen LogP) is 1.19. The lowest BCUT2D eigenvalue weighted by Gasteiger charge is -2.24. The number of phenols is 1. The van der Waals surface area contributed by atoms with E-state index < -0.39 is 27.6 Å². The van der Waals surface area contributed by atoms with Gasteiger partial charge in [0.25, 0.3) is 0 Å². The average Bonchev–Trinajstić information content (AvgIpc) is 2.27. The second kappa shape index (κ2) is 6.44. The Morgan fingerprint density at radius 3 is 2.24 bits per heavy atom. The molecule has 1 rings (SSSR count). The standard InChI is InChI=1S/C14H21NO5S/c1-14(2,3)20-13(17)12(15-21(4,18)19)9-10-5-7-11(16)8-6-10/h5-8,12,15-16H,9H2,1-4H3/t12-/m0/s1. The molecule has 0 aliphatic rings. The third-order valence-electron chi connectivity index (χ3n) is 2.42. The highest BCUT2D eigenvalue weighted by Gasteiger charge is 2.27. The molecule has 21 heavy (non-hydrogen) atoms. The zero-order valence-corrected chi connectivity index (χ0v) is 13.4. The number of ether oxygens (including phenoxy) is 1. The molecular weight excluding hydrogens is 294 g/mol. The number of nitrogens with one attached hydrogen (secondary N) is 1. The maximum absolute atomic E-state index is 12.1. The number of hydrogen-bond acceptors (Lipinski definition) is 5. The van der Waals surface area contributed by atoms with E-state index in [4.69, 9.17) is 4.74 Å². The summed E-state index contributed by atoms with van der Waals surface area (Å²) in [4.78, 5) is 12.1. The molecule has 0 bridgehead atoms. The summed E-state index contributed by atoms with van der Waals surface area (Å²) in [7, 11) is -3.55. The van der Waals surface area contributed by atoms with Crippen molar-refractivity contribution in [2.75, 3.05) is 6.26 Å². The Kier molecular flexibility index (Phi) is 5.36. The zero-order valence-electron chi connectivity index (χ0n) is 12.6. The molecule has 2 N–H and O–H groups in total. The number of hydrogen-bond donors (Lipinski definition) is 2. The monoisotopic (exact) mass is 315 g/mol. The lowest BCUT2D eigenvalue weighted by molar-refractivity contribution is -0.156. The lowest BCUT2D eigenvalue weighted by atomic mass is 10.1. The largest absolute Gasteiger partial charge is 0.508 e. The quantitative estimate of drug-likeness (QED) is 0.796. The Labute approximate surface area is 125 Å². The molecule has 1 atom stereocenters. The molecule has 6 nitrogen and oxygen atoms in total. The minimum Gasteiger partial charge on any atom is -0.508 e. The van der Waals surface area contributed by atoms with E-state index in [2.05, 4.69) is 4.72 Å².